The molecule has 1 fully saturated rings. The minimum Gasteiger partial charge on any atom is -0.335 e. The fraction of sp³-hybridized carbons (Fsp3) is 0.350. The molecule has 1 saturated carbocycles. The molecule has 1 aliphatic heterocycles. The maximum atomic E-state index is 12.6. The van der Waals surface area contributed by atoms with Gasteiger partial charge in [0.2, 0.25) is 0 Å². The van der Waals surface area contributed by atoms with Crippen LogP contribution in [0, 0.1) is 0 Å². The van der Waals surface area contributed by atoms with E-state index in [0.29, 0.717) is 5.92 Å². The molecule has 112 valence electrons. The van der Waals surface area contributed by atoms with E-state index in [1.807, 2.05) is 24.1 Å². The molecule has 2 aliphatic rings. The SMILES string of the molecule is CN1C(=O)c2ccccc2[C@H]2C[C@]21CCCc1ccccc1. The number of hydrogen-bond acceptors (Lipinski definition) is 1. The molecular formula is C20H21NO. The molecular weight excluding hydrogens is 270 g/mol. The third-order valence-corrected chi connectivity index (χ3v) is 5.50. The summed E-state index contributed by atoms with van der Waals surface area (Å²) in [5.41, 5.74) is 3.65. The average Bonchev–Trinajstić information content (AvgIpc) is 3.30. The van der Waals surface area contributed by atoms with Crippen LogP contribution in [0.3, 0.4) is 0 Å². The summed E-state index contributed by atoms with van der Waals surface area (Å²) in [4.78, 5) is 14.6. The Labute approximate surface area is 131 Å². The van der Waals surface area contributed by atoms with Crippen LogP contribution < -0.4 is 0 Å². The Hall–Kier alpha value is -2.09. The number of carbonyl (C=O) groups is 1. The lowest BCUT2D eigenvalue weighted by Gasteiger charge is -2.34. The van der Waals surface area contributed by atoms with Crippen molar-refractivity contribution in [3.63, 3.8) is 0 Å². The highest BCUT2D eigenvalue weighted by molar-refractivity contribution is 5.98. The van der Waals surface area contributed by atoms with Gasteiger partial charge in [0, 0.05) is 18.5 Å². The van der Waals surface area contributed by atoms with Gasteiger partial charge in [-0.2, -0.15) is 0 Å². The summed E-state index contributed by atoms with van der Waals surface area (Å²) in [5.74, 6) is 0.742. The minimum atomic E-state index is 0.0835. The Kier molecular flexibility index (Phi) is 3.07. The van der Waals surface area contributed by atoms with Crippen molar-refractivity contribution >= 4 is 5.91 Å². The van der Waals surface area contributed by atoms with Gasteiger partial charge in [0.25, 0.3) is 5.91 Å². The maximum Gasteiger partial charge on any atom is 0.254 e. The van der Waals surface area contributed by atoms with E-state index in [-0.39, 0.29) is 11.4 Å². The number of nitrogens with zero attached hydrogens (tertiary/aromatic N) is 1. The van der Waals surface area contributed by atoms with Crippen LogP contribution in [0.2, 0.25) is 0 Å². The third-order valence-electron chi connectivity index (χ3n) is 5.50. The molecule has 4 rings (SSSR count). The van der Waals surface area contributed by atoms with Gasteiger partial charge in [-0.25, -0.2) is 0 Å². The maximum absolute atomic E-state index is 12.6. The van der Waals surface area contributed by atoms with Crippen LogP contribution in [0.1, 0.15) is 46.7 Å². The van der Waals surface area contributed by atoms with E-state index in [0.717, 1.165) is 31.2 Å². The number of aryl methyl sites for hydroxylation is 1. The monoisotopic (exact) mass is 291 g/mol. The predicted octanol–water partition coefficient (Wildman–Crippen LogP) is 4.02. The number of carbonyl (C=O) groups excluding carboxylic acids is 1. The summed E-state index contributed by atoms with van der Waals surface area (Å²) >= 11 is 0. The van der Waals surface area contributed by atoms with Crippen LogP contribution in [0.5, 0.6) is 0 Å². The number of hydrogen-bond donors (Lipinski definition) is 0. The molecule has 1 aliphatic carbocycles. The molecule has 2 aromatic rings. The second kappa shape index (κ2) is 4.98. The topological polar surface area (TPSA) is 20.3 Å². The van der Waals surface area contributed by atoms with Crippen molar-refractivity contribution in [3.8, 4) is 0 Å². The zero-order valence-electron chi connectivity index (χ0n) is 13.0. The number of amides is 1. The summed E-state index contributed by atoms with van der Waals surface area (Å²) < 4.78 is 0. The van der Waals surface area contributed by atoms with Crippen molar-refractivity contribution in [2.24, 2.45) is 0 Å². The quantitative estimate of drug-likeness (QED) is 0.833. The van der Waals surface area contributed by atoms with Gasteiger partial charge in [-0.05, 0) is 42.9 Å². The lowest BCUT2D eigenvalue weighted by Crippen LogP contribution is -2.43. The van der Waals surface area contributed by atoms with Crippen LogP contribution in [0.25, 0.3) is 0 Å². The van der Waals surface area contributed by atoms with Crippen LogP contribution in [0.4, 0.5) is 0 Å². The standard InChI is InChI=1S/C20H21NO/c1-21-19(22)17-12-6-5-11-16(17)18-14-20(18,21)13-7-10-15-8-3-2-4-9-15/h2-6,8-9,11-12,18H,7,10,13-14H2,1H3/t18-,20-/m1/s1. The first-order chi connectivity index (χ1) is 10.7. The molecule has 0 aromatic heterocycles. The van der Waals surface area contributed by atoms with Gasteiger partial charge in [-0.3, -0.25) is 4.79 Å². The number of likely N-dealkylation sites (N-methyl/N-ethyl adjacent to an activating group) is 1. The highest BCUT2D eigenvalue weighted by Crippen LogP contribution is 2.61. The predicted molar refractivity (Wildman–Crippen MR) is 88.0 cm³/mol. The van der Waals surface area contributed by atoms with Gasteiger partial charge in [0.05, 0.1) is 5.54 Å². The normalized spacial score (nSPS) is 25.6. The zero-order chi connectivity index (χ0) is 15.2. The first-order valence-corrected chi connectivity index (χ1v) is 8.13. The van der Waals surface area contributed by atoms with Gasteiger partial charge in [0.15, 0.2) is 0 Å². The molecule has 1 heterocycles. The van der Waals surface area contributed by atoms with Gasteiger partial charge in [-0.1, -0.05) is 48.5 Å². The number of benzene rings is 2. The van der Waals surface area contributed by atoms with Crippen molar-refractivity contribution in [2.75, 3.05) is 7.05 Å². The second-order valence-corrected chi connectivity index (χ2v) is 6.65. The molecule has 2 aromatic carbocycles. The summed E-state index contributed by atoms with van der Waals surface area (Å²) in [5, 5.41) is 0. The molecule has 0 spiro atoms. The molecule has 1 amide bonds. The minimum absolute atomic E-state index is 0.0835. The van der Waals surface area contributed by atoms with Gasteiger partial charge in [0.1, 0.15) is 0 Å². The Morgan fingerprint density at radius 3 is 2.64 bits per heavy atom. The summed E-state index contributed by atoms with van der Waals surface area (Å²) in [6, 6.07) is 18.8. The van der Waals surface area contributed by atoms with Gasteiger partial charge in [-0.15, -0.1) is 0 Å². The van der Waals surface area contributed by atoms with Crippen molar-refractivity contribution in [3.05, 3.63) is 71.3 Å². The lowest BCUT2D eigenvalue weighted by molar-refractivity contribution is 0.0669. The van der Waals surface area contributed by atoms with Gasteiger partial charge < -0.3 is 4.90 Å². The average molecular weight is 291 g/mol. The Bertz CT molecular complexity index is 709. The van der Waals surface area contributed by atoms with Crippen molar-refractivity contribution in [2.45, 2.75) is 37.1 Å². The molecule has 0 unspecified atom stereocenters. The Balaban J connectivity index is 1.51. The van der Waals surface area contributed by atoms with Crippen LogP contribution in [-0.4, -0.2) is 23.4 Å². The van der Waals surface area contributed by atoms with Crippen LogP contribution >= 0.6 is 0 Å². The zero-order valence-corrected chi connectivity index (χ0v) is 13.0. The molecule has 2 heteroatoms. The molecule has 2 atom stereocenters. The van der Waals surface area contributed by atoms with Crippen molar-refractivity contribution < 1.29 is 4.79 Å². The highest BCUT2D eigenvalue weighted by Gasteiger charge is 2.61. The summed E-state index contributed by atoms with van der Waals surface area (Å²) in [7, 11) is 1.99. The Morgan fingerprint density at radius 1 is 1.09 bits per heavy atom. The number of rotatable bonds is 4. The van der Waals surface area contributed by atoms with Crippen LogP contribution in [0.15, 0.2) is 54.6 Å². The van der Waals surface area contributed by atoms with E-state index >= 15 is 0 Å². The smallest absolute Gasteiger partial charge is 0.254 e. The first kappa shape index (κ1) is 13.6. The molecule has 0 saturated heterocycles. The Morgan fingerprint density at radius 2 is 1.82 bits per heavy atom. The summed E-state index contributed by atoms with van der Waals surface area (Å²) in [6.45, 7) is 0. The first-order valence-electron chi connectivity index (χ1n) is 8.13. The largest absolute Gasteiger partial charge is 0.335 e. The van der Waals surface area contributed by atoms with E-state index in [1.54, 1.807) is 0 Å². The molecule has 0 radical (unpaired) electrons. The van der Waals surface area contributed by atoms with E-state index in [9.17, 15) is 4.79 Å². The van der Waals surface area contributed by atoms with Crippen LogP contribution in [-0.2, 0) is 6.42 Å². The van der Waals surface area contributed by atoms with Gasteiger partial charge >= 0.3 is 0 Å². The lowest BCUT2D eigenvalue weighted by atomic mass is 9.90. The number of fused-ring (bicyclic) bond motifs is 3. The van der Waals surface area contributed by atoms with E-state index in [2.05, 4.69) is 42.5 Å². The van der Waals surface area contributed by atoms with E-state index < -0.39 is 0 Å². The third kappa shape index (κ3) is 1.98. The second-order valence-electron chi connectivity index (χ2n) is 6.65. The molecule has 0 bridgehead atoms. The van der Waals surface area contributed by atoms with Crippen molar-refractivity contribution in [1.29, 1.82) is 0 Å². The highest BCUT2D eigenvalue weighted by atomic mass is 16.2. The molecule has 22 heavy (non-hydrogen) atoms. The summed E-state index contributed by atoms with van der Waals surface area (Å²) in [6.07, 6.45) is 4.46. The fourth-order valence-electron chi connectivity index (χ4n) is 4.13. The van der Waals surface area contributed by atoms with E-state index in [1.165, 1.54) is 11.1 Å². The van der Waals surface area contributed by atoms with E-state index in [4.69, 9.17) is 0 Å². The molecule has 2 nitrogen and oxygen atoms in total. The molecule has 0 N–H and O–H groups in total. The fourth-order valence-corrected chi connectivity index (χ4v) is 4.13. The van der Waals surface area contributed by atoms with Crippen molar-refractivity contribution in [1.82, 2.24) is 4.90 Å².